The number of hydrogen-bond donors (Lipinski definition) is 1. The van der Waals surface area contributed by atoms with Gasteiger partial charge >= 0.3 is 0 Å². The normalized spacial score (nSPS) is 28.8. The molecule has 2 aliphatic carbocycles. The van der Waals surface area contributed by atoms with Crippen molar-refractivity contribution in [3.63, 3.8) is 0 Å². The van der Waals surface area contributed by atoms with E-state index in [-0.39, 0.29) is 16.4 Å². The lowest BCUT2D eigenvalue weighted by Gasteiger charge is -2.34. The molecule has 0 amide bonds. The Bertz CT molecular complexity index is 753. The molecule has 0 saturated heterocycles. The minimum Gasteiger partial charge on any atom is -0.299 e. The number of nitrogens with one attached hydrogen (secondary N) is 1. The zero-order chi connectivity index (χ0) is 14.8. The Kier molecular flexibility index (Phi) is 2.40. The Labute approximate surface area is 125 Å². The third-order valence-electron chi connectivity index (χ3n) is 6.30. The van der Waals surface area contributed by atoms with Gasteiger partial charge in [0.2, 0.25) is 0 Å². The van der Waals surface area contributed by atoms with Crippen LogP contribution in [0.1, 0.15) is 56.4 Å². The average Bonchev–Trinajstić information content (AvgIpc) is 2.95. The van der Waals surface area contributed by atoms with Crippen molar-refractivity contribution in [2.45, 2.75) is 51.5 Å². The molecule has 1 aromatic carbocycles. The summed E-state index contributed by atoms with van der Waals surface area (Å²) in [6, 6.07) is 10.2. The standard InChI is InChI=1S/C18H22N2O/c1-17(2)13-9-10-18(17,3)15-14(13)16(21)20(19-15)11-12-7-5-4-6-8-12/h4-8,13,19H,9-11H2,1-3H3/t13-,18+/m1/s1. The van der Waals surface area contributed by atoms with Crippen LogP contribution in [0.4, 0.5) is 0 Å². The van der Waals surface area contributed by atoms with Gasteiger partial charge in [-0.25, -0.2) is 4.68 Å². The number of fused-ring (bicyclic) bond motifs is 5. The third-order valence-corrected chi connectivity index (χ3v) is 6.30. The predicted octanol–water partition coefficient (Wildman–Crippen LogP) is 3.40. The first-order valence-electron chi connectivity index (χ1n) is 7.82. The molecule has 0 aliphatic heterocycles. The van der Waals surface area contributed by atoms with Crippen molar-refractivity contribution in [3.8, 4) is 0 Å². The van der Waals surface area contributed by atoms with E-state index >= 15 is 0 Å². The van der Waals surface area contributed by atoms with Gasteiger partial charge in [-0.05, 0) is 29.7 Å². The van der Waals surface area contributed by atoms with E-state index in [4.69, 9.17) is 0 Å². The number of aromatic amines is 1. The van der Waals surface area contributed by atoms with Crippen LogP contribution in [0.15, 0.2) is 35.1 Å². The highest BCUT2D eigenvalue weighted by Crippen LogP contribution is 2.66. The maximum Gasteiger partial charge on any atom is 0.270 e. The molecule has 110 valence electrons. The van der Waals surface area contributed by atoms with Crippen LogP contribution in [-0.2, 0) is 12.0 Å². The summed E-state index contributed by atoms with van der Waals surface area (Å²) in [4.78, 5) is 12.8. The van der Waals surface area contributed by atoms with Gasteiger partial charge in [-0.3, -0.25) is 9.89 Å². The number of rotatable bonds is 2. The molecule has 3 heteroatoms. The maximum absolute atomic E-state index is 12.8. The second-order valence-corrected chi connectivity index (χ2v) is 7.42. The molecule has 2 bridgehead atoms. The summed E-state index contributed by atoms with van der Waals surface area (Å²) in [6.45, 7) is 7.59. The lowest BCUT2D eigenvalue weighted by molar-refractivity contribution is 0.223. The molecule has 2 aliphatic rings. The summed E-state index contributed by atoms with van der Waals surface area (Å²) < 4.78 is 1.80. The highest BCUT2D eigenvalue weighted by Gasteiger charge is 2.61. The molecule has 0 unspecified atom stereocenters. The van der Waals surface area contributed by atoms with Gasteiger partial charge in [-0.2, -0.15) is 0 Å². The molecule has 2 aromatic rings. The van der Waals surface area contributed by atoms with Gasteiger partial charge in [0.25, 0.3) is 5.56 Å². The van der Waals surface area contributed by atoms with Crippen LogP contribution < -0.4 is 5.56 Å². The van der Waals surface area contributed by atoms with Crippen molar-refractivity contribution in [1.29, 1.82) is 0 Å². The van der Waals surface area contributed by atoms with Gasteiger partial charge in [-0.15, -0.1) is 0 Å². The minimum atomic E-state index is 0.119. The van der Waals surface area contributed by atoms with Crippen LogP contribution in [0.5, 0.6) is 0 Å². The monoisotopic (exact) mass is 282 g/mol. The lowest BCUT2D eigenvalue weighted by atomic mass is 9.70. The second-order valence-electron chi connectivity index (χ2n) is 7.42. The predicted molar refractivity (Wildman–Crippen MR) is 83.7 cm³/mol. The molecule has 0 radical (unpaired) electrons. The van der Waals surface area contributed by atoms with E-state index in [9.17, 15) is 4.79 Å². The molecular weight excluding hydrogens is 260 g/mol. The molecule has 4 rings (SSSR count). The molecule has 21 heavy (non-hydrogen) atoms. The van der Waals surface area contributed by atoms with Gasteiger partial charge in [0.15, 0.2) is 0 Å². The van der Waals surface area contributed by atoms with Crippen LogP contribution in [0.25, 0.3) is 0 Å². The zero-order valence-electron chi connectivity index (χ0n) is 12.9. The zero-order valence-corrected chi connectivity index (χ0v) is 12.9. The van der Waals surface area contributed by atoms with Gasteiger partial charge in [0.1, 0.15) is 0 Å². The summed E-state index contributed by atoms with van der Waals surface area (Å²) >= 11 is 0. The Balaban J connectivity index is 1.81. The molecule has 3 nitrogen and oxygen atoms in total. The van der Waals surface area contributed by atoms with Crippen LogP contribution in [0.2, 0.25) is 0 Å². The Morgan fingerprint density at radius 3 is 2.62 bits per heavy atom. The summed E-state index contributed by atoms with van der Waals surface area (Å²) in [5.41, 5.74) is 3.92. The maximum atomic E-state index is 12.8. The van der Waals surface area contributed by atoms with Gasteiger partial charge in [0.05, 0.1) is 6.54 Å². The Morgan fingerprint density at radius 2 is 1.95 bits per heavy atom. The highest BCUT2D eigenvalue weighted by atomic mass is 16.1. The smallest absolute Gasteiger partial charge is 0.270 e. The largest absolute Gasteiger partial charge is 0.299 e. The lowest BCUT2D eigenvalue weighted by Crippen LogP contribution is -2.33. The van der Waals surface area contributed by atoms with E-state index in [1.165, 1.54) is 12.1 Å². The van der Waals surface area contributed by atoms with Gasteiger partial charge in [-0.1, -0.05) is 51.1 Å². The van der Waals surface area contributed by atoms with E-state index in [0.717, 1.165) is 17.5 Å². The van der Waals surface area contributed by atoms with Crippen LogP contribution >= 0.6 is 0 Å². The fraction of sp³-hybridized carbons (Fsp3) is 0.500. The van der Waals surface area contributed by atoms with Crippen LogP contribution in [0.3, 0.4) is 0 Å². The molecule has 1 fully saturated rings. The first-order valence-corrected chi connectivity index (χ1v) is 7.82. The molecule has 2 atom stereocenters. The molecule has 1 saturated carbocycles. The van der Waals surface area contributed by atoms with Gasteiger partial charge < -0.3 is 0 Å². The van der Waals surface area contributed by atoms with Crippen molar-refractivity contribution in [2.24, 2.45) is 5.41 Å². The van der Waals surface area contributed by atoms with E-state index in [0.29, 0.717) is 12.5 Å². The second kappa shape index (κ2) is 3.90. The highest BCUT2D eigenvalue weighted by molar-refractivity contribution is 5.44. The first-order chi connectivity index (χ1) is 9.95. The molecule has 1 heterocycles. The van der Waals surface area contributed by atoms with E-state index in [1.807, 2.05) is 18.2 Å². The number of hydrogen-bond acceptors (Lipinski definition) is 1. The van der Waals surface area contributed by atoms with E-state index in [2.05, 4.69) is 38.0 Å². The van der Waals surface area contributed by atoms with E-state index < -0.39 is 0 Å². The first kappa shape index (κ1) is 12.9. The van der Waals surface area contributed by atoms with Crippen molar-refractivity contribution >= 4 is 0 Å². The topological polar surface area (TPSA) is 37.8 Å². The number of nitrogens with zero attached hydrogens (tertiary/aromatic N) is 1. The Morgan fingerprint density at radius 1 is 1.24 bits per heavy atom. The Hall–Kier alpha value is -1.77. The molecule has 0 spiro atoms. The molecule has 1 N–H and O–H groups in total. The van der Waals surface area contributed by atoms with Gasteiger partial charge in [0, 0.05) is 16.7 Å². The van der Waals surface area contributed by atoms with Crippen LogP contribution in [-0.4, -0.2) is 9.78 Å². The van der Waals surface area contributed by atoms with Crippen molar-refractivity contribution in [1.82, 2.24) is 9.78 Å². The average molecular weight is 282 g/mol. The molecular formula is C18H22N2O. The molecule has 1 aromatic heterocycles. The fourth-order valence-corrected chi connectivity index (χ4v) is 4.57. The van der Waals surface area contributed by atoms with Crippen molar-refractivity contribution in [3.05, 3.63) is 57.5 Å². The van der Waals surface area contributed by atoms with Crippen molar-refractivity contribution in [2.75, 3.05) is 0 Å². The number of benzene rings is 1. The summed E-state index contributed by atoms with van der Waals surface area (Å²) in [5, 5.41) is 3.44. The fourth-order valence-electron chi connectivity index (χ4n) is 4.57. The minimum absolute atomic E-state index is 0.119. The number of H-pyrrole nitrogens is 1. The van der Waals surface area contributed by atoms with Crippen LogP contribution in [0, 0.1) is 5.41 Å². The SMILES string of the molecule is CC1(C)[C@@H]2CC[C@@]1(C)c1[nH]n(Cc3ccccc3)c(=O)c12. The third kappa shape index (κ3) is 1.47. The summed E-state index contributed by atoms with van der Waals surface area (Å²) in [5.74, 6) is 0.415. The summed E-state index contributed by atoms with van der Waals surface area (Å²) in [6.07, 6.45) is 2.33. The number of aromatic nitrogens is 2. The quantitative estimate of drug-likeness (QED) is 0.900. The van der Waals surface area contributed by atoms with E-state index in [1.54, 1.807) is 4.68 Å². The van der Waals surface area contributed by atoms with Crippen molar-refractivity contribution < 1.29 is 0 Å². The summed E-state index contributed by atoms with van der Waals surface area (Å²) in [7, 11) is 0.